The highest BCUT2D eigenvalue weighted by Crippen LogP contribution is 2.32. The molecule has 2 aliphatic heterocycles. The van der Waals surface area contributed by atoms with Gasteiger partial charge in [0.15, 0.2) is 11.5 Å². The van der Waals surface area contributed by atoms with E-state index in [1.807, 2.05) is 25.1 Å². The highest BCUT2D eigenvalue weighted by Gasteiger charge is 2.29. The normalized spacial score (nSPS) is 17.8. The summed E-state index contributed by atoms with van der Waals surface area (Å²) in [6.07, 6.45) is 4.26. The van der Waals surface area contributed by atoms with E-state index in [1.165, 1.54) is 12.5 Å². The zero-order valence-electron chi connectivity index (χ0n) is 15.8. The number of amides is 2. The summed E-state index contributed by atoms with van der Waals surface area (Å²) in [5.74, 6) is 1.35. The van der Waals surface area contributed by atoms with Gasteiger partial charge in [-0.3, -0.25) is 9.59 Å². The Kier molecular flexibility index (Phi) is 5.23. The molecule has 0 radical (unpaired) electrons. The summed E-state index contributed by atoms with van der Waals surface area (Å²) in [6, 6.07) is 7.28. The van der Waals surface area contributed by atoms with Crippen LogP contribution in [0.2, 0.25) is 0 Å². The Balaban J connectivity index is 1.31. The Morgan fingerprint density at radius 2 is 1.86 bits per heavy atom. The molecule has 1 atom stereocenters. The van der Waals surface area contributed by atoms with Crippen molar-refractivity contribution in [1.82, 2.24) is 10.2 Å². The van der Waals surface area contributed by atoms with Crippen molar-refractivity contribution in [3.05, 3.63) is 47.9 Å². The van der Waals surface area contributed by atoms with Crippen LogP contribution < -0.4 is 14.8 Å². The third-order valence-electron chi connectivity index (χ3n) is 5.35. The van der Waals surface area contributed by atoms with Crippen LogP contribution in [0.3, 0.4) is 0 Å². The lowest BCUT2D eigenvalue weighted by Crippen LogP contribution is -2.43. The first-order chi connectivity index (χ1) is 13.6. The molecule has 2 amide bonds. The minimum atomic E-state index is -0.131. The van der Waals surface area contributed by atoms with Gasteiger partial charge < -0.3 is 24.1 Å². The van der Waals surface area contributed by atoms with Gasteiger partial charge in [0.1, 0.15) is 19.5 Å². The smallest absolute Gasteiger partial charge is 0.257 e. The van der Waals surface area contributed by atoms with Gasteiger partial charge in [-0.15, -0.1) is 0 Å². The third kappa shape index (κ3) is 3.83. The van der Waals surface area contributed by atoms with Gasteiger partial charge in [-0.2, -0.15) is 0 Å². The van der Waals surface area contributed by atoms with Gasteiger partial charge in [-0.1, -0.05) is 6.07 Å². The Hall–Kier alpha value is -2.96. The van der Waals surface area contributed by atoms with Gasteiger partial charge in [0, 0.05) is 19.0 Å². The number of carbonyl (C=O) groups excluding carboxylic acids is 2. The Morgan fingerprint density at radius 1 is 1.11 bits per heavy atom. The quantitative estimate of drug-likeness (QED) is 0.877. The van der Waals surface area contributed by atoms with Crippen molar-refractivity contribution in [3.8, 4) is 11.5 Å². The summed E-state index contributed by atoms with van der Waals surface area (Å²) in [6.45, 7) is 4.19. The van der Waals surface area contributed by atoms with Gasteiger partial charge in [0.2, 0.25) is 5.91 Å². The molecule has 0 aliphatic carbocycles. The van der Waals surface area contributed by atoms with E-state index >= 15 is 0 Å². The van der Waals surface area contributed by atoms with Crippen molar-refractivity contribution >= 4 is 11.8 Å². The summed E-state index contributed by atoms with van der Waals surface area (Å²) in [4.78, 5) is 26.8. The van der Waals surface area contributed by atoms with Crippen LogP contribution in [0.1, 0.15) is 41.7 Å². The standard InChI is InChI=1S/C21H24N2O5/c1-14(16-2-3-18-19(12-16)28-11-10-27-18)22-20(24)15-4-7-23(8-5-15)21(25)17-6-9-26-13-17/h2-3,6,9,12-15H,4-5,7-8,10-11H2,1H3,(H,22,24). The molecule has 28 heavy (non-hydrogen) atoms. The number of rotatable bonds is 4. The number of hydrogen-bond donors (Lipinski definition) is 1. The zero-order valence-corrected chi connectivity index (χ0v) is 15.8. The molecule has 7 nitrogen and oxygen atoms in total. The molecular weight excluding hydrogens is 360 g/mol. The van der Waals surface area contributed by atoms with Crippen molar-refractivity contribution in [2.75, 3.05) is 26.3 Å². The maximum atomic E-state index is 12.7. The van der Waals surface area contributed by atoms with E-state index < -0.39 is 0 Å². The number of nitrogens with one attached hydrogen (secondary N) is 1. The van der Waals surface area contributed by atoms with Crippen LogP contribution in [0.5, 0.6) is 11.5 Å². The number of piperidine rings is 1. The zero-order chi connectivity index (χ0) is 19.5. The van der Waals surface area contributed by atoms with Gasteiger partial charge >= 0.3 is 0 Å². The van der Waals surface area contributed by atoms with Gasteiger partial charge in [0.05, 0.1) is 17.9 Å². The largest absolute Gasteiger partial charge is 0.486 e. The summed E-state index contributed by atoms with van der Waals surface area (Å²) in [5, 5.41) is 3.09. The van der Waals surface area contributed by atoms with Crippen LogP contribution in [-0.2, 0) is 4.79 Å². The number of fused-ring (bicyclic) bond motifs is 1. The second kappa shape index (κ2) is 7.96. The van der Waals surface area contributed by atoms with E-state index in [0.29, 0.717) is 44.7 Å². The monoisotopic (exact) mass is 384 g/mol. The molecule has 1 fully saturated rings. The van der Waals surface area contributed by atoms with E-state index in [-0.39, 0.29) is 23.8 Å². The second-order valence-electron chi connectivity index (χ2n) is 7.21. The molecule has 2 aliphatic rings. The molecule has 3 heterocycles. The summed E-state index contributed by atoms with van der Waals surface area (Å²) in [5.41, 5.74) is 1.53. The third-order valence-corrected chi connectivity index (χ3v) is 5.35. The molecule has 1 aromatic carbocycles. The molecule has 4 rings (SSSR count). The average molecular weight is 384 g/mol. The first kappa shape index (κ1) is 18.4. The summed E-state index contributed by atoms with van der Waals surface area (Å²) < 4.78 is 16.1. The maximum Gasteiger partial charge on any atom is 0.257 e. The molecule has 7 heteroatoms. The van der Waals surface area contributed by atoms with Gasteiger partial charge in [-0.05, 0) is 43.5 Å². The van der Waals surface area contributed by atoms with Crippen LogP contribution in [0.25, 0.3) is 0 Å². The number of carbonyl (C=O) groups is 2. The number of ether oxygens (including phenoxy) is 2. The average Bonchev–Trinajstić information content (AvgIpc) is 3.28. The van der Waals surface area contributed by atoms with Crippen molar-refractivity contribution < 1.29 is 23.5 Å². The number of benzene rings is 1. The predicted octanol–water partition coefficient (Wildman–Crippen LogP) is 2.78. The van der Waals surface area contributed by atoms with E-state index in [2.05, 4.69) is 5.32 Å². The van der Waals surface area contributed by atoms with E-state index in [0.717, 1.165) is 17.1 Å². The van der Waals surface area contributed by atoms with E-state index in [4.69, 9.17) is 13.9 Å². The fourth-order valence-electron chi connectivity index (χ4n) is 3.66. The van der Waals surface area contributed by atoms with Crippen LogP contribution >= 0.6 is 0 Å². The highest BCUT2D eigenvalue weighted by molar-refractivity contribution is 5.94. The lowest BCUT2D eigenvalue weighted by molar-refractivity contribution is -0.127. The fourth-order valence-corrected chi connectivity index (χ4v) is 3.66. The molecule has 0 bridgehead atoms. The van der Waals surface area contributed by atoms with Crippen LogP contribution in [0, 0.1) is 5.92 Å². The molecule has 1 aromatic heterocycles. The maximum absolute atomic E-state index is 12.7. The van der Waals surface area contributed by atoms with Crippen molar-refractivity contribution in [2.24, 2.45) is 5.92 Å². The SMILES string of the molecule is CC(NC(=O)C1CCN(C(=O)c2ccoc2)CC1)c1ccc2c(c1)OCCO2. The minimum absolute atomic E-state index is 0.0257. The second-order valence-corrected chi connectivity index (χ2v) is 7.21. The van der Waals surface area contributed by atoms with Crippen molar-refractivity contribution in [2.45, 2.75) is 25.8 Å². The number of nitrogens with zero attached hydrogens (tertiary/aromatic N) is 1. The van der Waals surface area contributed by atoms with Crippen LogP contribution in [0.4, 0.5) is 0 Å². The van der Waals surface area contributed by atoms with Crippen LogP contribution in [-0.4, -0.2) is 43.0 Å². The molecule has 1 N–H and O–H groups in total. The highest BCUT2D eigenvalue weighted by atomic mass is 16.6. The van der Waals surface area contributed by atoms with Crippen molar-refractivity contribution in [1.29, 1.82) is 0 Å². The molecule has 1 saturated heterocycles. The van der Waals surface area contributed by atoms with Gasteiger partial charge in [-0.25, -0.2) is 0 Å². The van der Waals surface area contributed by atoms with Crippen molar-refractivity contribution in [3.63, 3.8) is 0 Å². The van der Waals surface area contributed by atoms with E-state index in [1.54, 1.807) is 11.0 Å². The van der Waals surface area contributed by atoms with E-state index in [9.17, 15) is 9.59 Å². The minimum Gasteiger partial charge on any atom is -0.486 e. The number of hydrogen-bond acceptors (Lipinski definition) is 5. The number of likely N-dealkylation sites (tertiary alicyclic amines) is 1. The Morgan fingerprint density at radius 3 is 2.57 bits per heavy atom. The molecule has 1 unspecified atom stereocenters. The molecule has 0 spiro atoms. The summed E-state index contributed by atoms with van der Waals surface area (Å²) >= 11 is 0. The lowest BCUT2D eigenvalue weighted by Gasteiger charge is -2.31. The predicted molar refractivity (Wildman–Crippen MR) is 101 cm³/mol. The summed E-state index contributed by atoms with van der Waals surface area (Å²) in [7, 11) is 0. The molecular formula is C21H24N2O5. The molecule has 2 aromatic rings. The van der Waals surface area contributed by atoms with Gasteiger partial charge in [0.25, 0.3) is 5.91 Å². The first-order valence-electron chi connectivity index (χ1n) is 9.63. The fraction of sp³-hybridized carbons (Fsp3) is 0.429. The molecule has 0 saturated carbocycles. The number of furan rings is 1. The van der Waals surface area contributed by atoms with Crippen LogP contribution in [0.15, 0.2) is 41.2 Å². The Labute approximate surface area is 163 Å². The first-order valence-corrected chi connectivity index (χ1v) is 9.63. The Bertz CT molecular complexity index is 840. The lowest BCUT2D eigenvalue weighted by atomic mass is 9.94. The topological polar surface area (TPSA) is 81.0 Å². The molecule has 148 valence electrons.